The number of anilines is 1. The van der Waals surface area contributed by atoms with Crippen LogP contribution in [0, 0.1) is 0 Å². The Morgan fingerprint density at radius 3 is 2.72 bits per heavy atom. The highest BCUT2D eigenvalue weighted by molar-refractivity contribution is 6.30. The van der Waals surface area contributed by atoms with Gasteiger partial charge in [-0.25, -0.2) is 9.48 Å². The topological polar surface area (TPSA) is 84.7 Å². The molecule has 0 unspecified atom stereocenters. The van der Waals surface area contributed by atoms with Crippen molar-refractivity contribution < 1.29 is 4.79 Å². The van der Waals surface area contributed by atoms with E-state index in [4.69, 9.17) is 11.6 Å². The van der Waals surface area contributed by atoms with Crippen molar-refractivity contribution in [1.82, 2.24) is 25.5 Å². The molecule has 0 saturated carbocycles. The van der Waals surface area contributed by atoms with Crippen LogP contribution in [0.25, 0.3) is 11.4 Å². The van der Waals surface area contributed by atoms with E-state index in [1.54, 1.807) is 11.7 Å². The van der Waals surface area contributed by atoms with Gasteiger partial charge in [-0.3, -0.25) is 0 Å². The maximum atomic E-state index is 12.0. The van der Waals surface area contributed by atoms with E-state index >= 15 is 0 Å². The van der Waals surface area contributed by atoms with Gasteiger partial charge in [0.15, 0.2) is 5.82 Å². The number of amides is 2. The number of hydrogen-bond acceptors (Lipinski definition) is 4. The molecule has 128 valence electrons. The van der Waals surface area contributed by atoms with Gasteiger partial charge in [0.05, 0.1) is 0 Å². The first-order chi connectivity index (χ1) is 12.1. The van der Waals surface area contributed by atoms with Gasteiger partial charge in [-0.1, -0.05) is 35.9 Å². The fourth-order valence-electron chi connectivity index (χ4n) is 2.36. The summed E-state index contributed by atoms with van der Waals surface area (Å²) in [4.78, 5) is 12.0. The number of benzene rings is 2. The number of halogens is 1. The highest BCUT2D eigenvalue weighted by Gasteiger charge is 2.08. The molecule has 8 heteroatoms. The average molecular weight is 357 g/mol. The fraction of sp³-hybridized carbons (Fsp3) is 0.176. The number of rotatable bonds is 5. The van der Waals surface area contributed by atoms with Crippen molar-refractivity contribution in [2.24, 2.45) is 7.05 Å². The zero-order valence-electron chi connectivity index (χ0n) is 13.6. The first-order valence-corrected chi connectivity index (χ1v) is 8.12. The largest absolute Gasteiger partial charge is 0.338 e. The summed E-state index contributed by atoms with van der Waals surface area (Å²) < 4.78 is 1.57. The van der Waals surface area contributed by atoms with Gasteiger partial charge in [0.2, 0.25) is 0 Å². The molecule has 3 aromatic rings. The van der Waals surface area contributed by atoms with E-state index in [2.05, 4.69) is 26.2 Å². The molecular formula is C17H17ClN6O. The van der Waals surface area contributed by atoms with Crippen molar-refractivity contribution in [3.8, 4) is 11.4 Å². The van der Waals surface area contributed by atoms with E-state index in [-0.39, 0.29) is 6.03 Å². The highest BCUT2D eigenvalue weighted by atomic mass is 35.5. The Labute approximate surface area is 150 Å². The number of hydrogen-bond donors (Lipinski definition) is 2. The monoisotopic (exact) mass is 356 g/mol. The van der Waals surface area contributed by atoms with Gasteiger partial charge in [-0.15, -0.1) is 5.10 Å². The van der Waals surface area contributed by atoms with Crippen LogP contribution in [-0.2, 0) is 13.5 Å². The smallest absolute Gasteiger partial charge is 0.319 e. The molecule has 0 aliphatic carbocycles. The molecule has 1 aromatic heterocycles. The average Bonchev–Trinajstić information content (AvgIpc) is 3.03. The standard InChI is InChI=1S/C17H17ClN6O/c1-24-16(21-22-23-24)13-3-2-4-15(11-13)20-17(25)19-10-9-12-5-7-14(18)8-6-12/h2-8,11H,9-10H2,1H3,(H2,19,20,25). The minimum Gasteiger partial charge on any atom is -0.338 e. The van der Waals surface area contributed by atoms with Crippen molar-refractivity contribution in [3.05, 3.63) is 59.1 Å². The summed E-state index contributed by atoms with van der Waals surface area (Å²) in [6, 6.07) is 14.7. The van der Waals surface area contributed by atoms with Gasteiger partial charge >= 0.3 is 6.03 Å². The summed E-state index contributed by atoms with van der Waals surface area (Å²) in [6.45, 7) is 0.528. The molecule has 0 spiro atoms. The van der Waals surface area contributed by atoms with Gasteiger partial charge in [0.1, 0.15) is 0 Å². The third kappa shape index (κ3) is 4.54. The molecule has 2 N–H and O–H groups in total. The Balaban J connectivity index is 1.54. The van der Waals surface area contributed by atoms with Crippen LogP contribution < -0.4 is 10.6 Å². The van der Waals surface area contributed by atoms with E-state index in [1.807, 2.05) is 48.5 Å². The van der Waals surface area contributed by atoms with Crippen molar-refractivity contribution in [2.45, 2.75) is 6.42 Å². The molecule has 0 aliphatic heterocycles. The normalized spacial score (nSPS) is 10.5. The summed E-state index contributed by atoms with van der Waals surface area (Å²) in [5, 5.41) is 17.7. The summed E-state index contributed by atoms with van der Waals surface area (Å²) >= 11 is 5.85. The van der Waals surface area contributed by atoms with Crippen LogP contribution in [0.4, 0.5) is 10.5 Å². The molecule has 0 saturated heterocycles. The molecule has 1 heterocycles. The Morgan fingerprint density at radius 2 is 2.00 bits per heavy atom. The van der Waals surface area contributed by atoms with Crippen LogP contribution in [0.2, 0.25) is 5.02 Å². The number of carbonyl (C=O) groups excluding carboxylic acids is 1. The van der Waals surface area contributed by atoms with Crippen LogP contribution in [0.1, 0.15) is 5.56 Å². The maximum Gasteiger partial charge on any atom is 0.319 e. The van der Waals surface area contributed by atoms with Crippen LogP contribution in [0.3, 0.4) is 0 Å². The lowest BCUT2D eigenvalue weighted by Crippen LogP contribution is -2.30. The minimum atomic E-state index is -0.262. The molecule has 7 nitrogen and oxygen atoms in total. The number of urea groups is 1. The zero-order valence-corrected chi connectivity index (χ0v) is 14.4. The summed E-state index contributed by atoms with van der Waals surface area (Å²) in [6.07, 6.45) is 0.731. The Bertz CT molecular complexity index is 862. The van der Waals surface area contributed by atoms with Gasteiger partial charge < -0.3 is 10.6 Å². The molecule has 0 atom stereocenters. The highest BCUT2D eigenvalue weighted by Crippen LogP contribution is 2.19. The van der Waals surface area contributed by atoms with E-state index < -0.39 is 0 Å². The van der Waals surface area contributed by atoms with Gasteiger partial charge in [0.25, 0.3) is 0 Å². The fourth-order valence-corrected chi connectivity index (χ4v) is 2.48. The number of carbonyl (C=O) groups is 1. The Kier molecular flexibility index (Phi) is 5.25. The molecule has 0 bridgehead atoms. The van der Waals surface area contributed by atoms with Crippen LogP contribution in [0.5, 0.6) is 0 Å². The lowest BCUT2D eigenvalue weighted by molar-refractivity contribution is 0.252. The number of aryl methyl sites for hydroxylation is 1. The van der Waals surface area contributed by atoms with Gasteiger partial charge in [-0.2, -0.15) is 0 Å². The van der Waals surface area contributed by atoms with E-state index in [0.29, 0.717) is 23.1 Å². The Hall–Kier alpha value is -2.93. The second-order valence-electron chi connectivity index (χ2n) is 5.46. The Morgan fingerprint density at radius 1 is 1.20 bits per heavy atom. The quantitative estimate of drug-likeness (QED) is 0.736. The molecule has 0 aliphatic rings. The summed E-state index contributed by atoms with van der Waals surface area (Å²) in [7, 11) is 1.76. The van der Waals surface area contributed by atoms with Crippen LogP contribution >= 0.6 is 11.6 Å². The van der Waals surface area contributed by atoms with E-state index in [9.17, 15) is 4.79 Å². The zero-order chi connectivity index (χ0) is 17.6. The number of nitrogens with zero attached hydrogens (tertiary/aromatic N) is 4. The number of aromatic nitrogens is 4. The molecule has 25 heavy (non-hydrogen) atoms. The second-order valence-corrected chi connectivity index (χ2v) is 5.90. The van der Waals surface area contributed by atoms with Crippen molar-refractivity contribution in [2.75, 3.05) is 11.9 Å². The second kappa shape index (κ2) is 7.76. The molecule has 0 fully saturated rings. The number of tetrazole rings is 1. The molecule has 2 amide bonds. The van der Waals surface area contributed by atoms with E-state index in [0.717, 1.165) is 17.5 Å². The number of nitrogens with one attached hydrogen (secondary N) is 2. The third-order valence-corrected chi connectivity index (χ3v) is 3.86. The van der Waals surface area contributed by atoms with Crippen LogP contribution in [0.15, 0.2) is 48.5 Å². The predicted octanol–water partition coefficient (Wildman–Crippen LogP) is 2.89. The molecule has 0 radical (unpaired) electrons. The molecule has 2 aromatic carbocycles. The maximum absolute atomic E-state index is 12.0. The van der Waals surface area contributed by atoms with Crippen molar-refractivity contribution in [3.63, 3.8) is 0 Å². The first-order valence-electron chi connectivity index (χ1n) is 7.74. The van der Waals surface area contributed by atoms with Gasteiger partial charge in [-0.05, 0) is 46.7 Å². The summed E-state index contributed by atoms with van der Waals surface area (Å²) in [5.41, 5.74) is 2.61. The van der Waals surface area contributed by atoms with Gasteiger partial charge in [0, 0.05) is 29.9 Å². The SMILES string of the molecule is Cn1nnnc1-c1cccc(NC(=O)NCCc2ccc(Cl)cc2)c1. The lowest BCUT2D eigenvalue weighted by Gasteiger charge is -2.09. The minimum absolute atomic E-state index is 0.262. The molecular weight excluding hydrogens is 340 g/mol. The summed E-state index contributed by atoms with van der Waals surface area (Å²) in [5.74, 6) is 0.631. The lowest BCUT2D eigenvalue weighted by atomic mass is 10.1. The third-order valence-electron chi connectivity index (χ3n) is 3.61. The first kappa shape index (κ1) is 16.9. The predicted molar refractivity (Wildman–Crippen MR) is 96.4 cm³/mol. The van der Waals surface area contributed by atoms with Crippen molar-refractivity contribution >= 4 is 23.3 Å². The van der Waals surface area contributed by atoms with Crippen LogP contribution in [-0.4, -0.2) is 32.8 Å². The molecule has 3 rings (SSSR count). The van der Waals surface area contributed by atoms with Crippen molar-refractivity contribution in [1.29, 1.82) is 0 Å². The van der Waals surface area contributed by atoms with E-state index in [1.165, 1.54) is 0 Å².